The molecular formula is C16H24Cl2N4S. The van der Waals surface area contributed by atoms with Gasteiger partial charge in [-0.05, 0) is 36.8 Å². The van der Waals surface area contributed by atoms with Gasteiger partial charge in [0.2, 0.25) is 5.96 Å². The second-order valence-corrected chi connectivity index (χ2v) is 6.45. The van der Waals surface area contributed by atoms with E-state index in [-0.39, 0.29) is 5.96 Å². The van der Waals surface area contributed by atoms with E-state index in [4.69, 9.17) is 41.2 Å². The highest BCUT2D eigenvalue weighted by molar-refractivity contribution is 7.80. The highest BCUT2D eigenvalue weighted by atomic mass is 35.5. The van der Waals surface area contributed by atoms with Crippen LogP contribution in [0.2, 0.25) is 10.0 Å². The van der Waals surface area contributed by atoms with Gasteiger partial charge in [-0.1, -0.05) is 62.2 Å². The predicted octanol–water partition coefficient (Wildman–Crippen LogP) is 4.96. The fraction of sp³-hybridized carbons (Fsp3) is 0.500. The van der Waals surface area contributed by atoms with Crippen LogP contribution >= 0.6 is 35.4 Å². The van der Waals surface area contributed by atoms with E-state index in [1.54, 1.807) is 18.2 Å². The number of hydrogen-bond donors (Lipinski definition) is 3. The molecule has 0 amide bonds. The van der Waals surface area contributed by atoms with Crippen molar-refractivity contribution in [2.75, 3.05) is 11.9 Å². The lowest BCUT2D eigenvalue weighted by atomic mass is 10.1. The van der Waals surface area contributed by atoms with E-state index in [9.17, 15) is 0 Å². The highest BCUT2D eigenvalue weighted by Crippen LogP contribution is 2.24. The molecule has 1 rings (SSSR count). The number of benzene rings is 1. The van der Waals surface area contributed by atoms with Gasteiger partial charge < -0.3 is 16.4 Å². The molecule has 0 aromatic heterocycles. The molecule has 0 heterocycles. The van der Waals surface area contributed by atoms with Gasteiger partial charge in [-0.3, -0.25) is 0 Å². The second-order valence-electron chi connectivity index (χ2n) is 5.25. The van der Waals surface area contributed by atoms with Crippen LogP contribution in [0, 0.1) is 0 Å². The van der Waals surface area contributed by atoms with Crippen LogP contribution in [-0.2, 0) is 0 Å². The third-order valence-corrected chi connectivity index (χ3v) is 4.20. The molecule has 1 aromatic carbocycles. The Balaban J connectivity index is 2.28. The number of nitrogens with zero attached hydrogens (tertiary/aromatic N) is 1. The number of aliphatic imine (C=N–C) groups is 1. The summed E-state index contributed by atoms with van der Waals surface area (Å²) in [5, 5.41) is 7.33. The molecule has 0 unspecified atom stereocenters. The quantitative estimate of drug-likeness (QED) is 0.260. The van der Waals surface area contributed by atoms with Crippen LogP contribution in [0.25, 0.3) is 0 Å². The summed E-state index contributed by atoms with van der Waals surface area (Å²) in [5.74, 6) is 0.212. The standard InChI is InChI=1S/C16H24Cl2N4S/c1-2-3-4-5-6-7-10-20-16(23)22-15(19)21-12-8-9-13(17)14(18)11-12/h8-9,11H,2-7,10H2,1H3,(H4,19,20,21,22,23). The summed E-state index contributed by atoms with van der Waals surface area (Å²) in [6.07, 6.45) is 7.44. The van der Waals surface area contributed by atoms with E-state index < -0.39 is 0 Å². The average Bonchev–Trinajstić information content (AvgIpc) is 2.50. The van der Waals surface area contributed by atoms with Crippen molar-refractivity contribution in [2.24, 2.45) is 10.7 Å². The third kappa shape index (κ3) is 8.98. The molecule has 0 spiro atoms. The normalized spacial score (nSPS) is 11.3. The molecule has 0 fully saturated rings. The predicted molar refractivity (Wildman–Crippen MR) is 106 cm³/mol. The number of anilines is 1. The van der Waals surface area contributed by atoms with Gasteiger partial charge in [0, 0.05) is 12.2 Å². The molecule has 0 saturated carbocycles. The van der Waals surface area contributed by atoms with Crippen LogP contribution < -0.4 is 16.4 Å². The Kier molecular flexibility index (Phi) is 9.99. The van der Waals surface area contributed by atoms with Gasteiger partial charge >= 0.3 is 0 Å². The van der Waals surface area contributed by atoms with Crippen LogP contribution in [0.5, 0.6) is 0 Å². The maximum atomic E-state index is 5.94. The van der Waals surface area contributed by atoms with Gasteiger partial charge in [0.1, 0.15) is 0 Å². The van der Waals surface area contributed by atoms with E-state index in [0.29, 0.717) is 20.8 Å². The topological polar surface area (TPSA) is 62.4 Å². The van der Waals surface area contributed by atoms with E-state index in [1.165, 1.54) is 32.1 Å². The second kappa shape index (κ2) is 11.5. The summed E-state index contributed by atoms with van der Waals surface area (Å²) in [4.78, 5) is 4.10. The van der Waals surface area contributed by atoms with Crippen molar-refractivity contribution < 1.29 is 0 Å². The van der Waals surface area contributed by atoms with Crippen LogP contribution in [0.1, 0.15) is 45.4 Å². The maximum absolute atomic E-state index is 5.94. The largest absolute Gasteiger partial charge is 0.369 e. The summed E-state index contributed by atoms with van der Waals surface area (Å²) in [6.45, 7) is 3.03. The molecule has 128 valence electrons. The molecule has 0 radical (unpaired) electrons. The fourth-order valence-corrected chi connectivity index (χ4v) is 2.50. The number of unbranched alkanes of at least 4 members (excludes halogenated alkanes) is 5. The van der Waals surface area contributed by atoms with Gasteiger partial charge in [0.25, 0.3) is 0 Å². The Labute approximate surface area is 153 Å². The lowest BCUT2D eigenvalue weighted by molar-refractivity contribution is 0.602. The molecule has 0 atom stereocenters. The van der Waals surface area contributed by atoms with Crippen molar-refractivity contribution in [1.29, 1.82) is 0 Å². The first kappa shape index (κ1) is 20.0. The number of nitrogens with one attached hydrogen (secondary N) is 2. The monoisotopic (exact) mass is 374 g/mol. The van der Waals surface area contributed by atoms with Gasteiger partial charge in [0.05, 0.1) is 10.0 Å². The number of rotatable bonds is 8. The lowest BCUT2D eigenvalue weighted by Gasteiger charge is -2.08. The summed E-state index contributed by atoms with van der Waals surface area (Å²) < 4.78 is 0. The Morgan fingerprint density at radius 3 is 2.52 bits per heavy atom. The van der Waals surface area contributed by atoms with Gasteiger partial charge in [-0.2, -0.15) is 4.99 Å². The summed E-state index contributed by atoms with van der Waals surface area (Å²) in [7, 11) is 0. The van der Waals surface area contributed by atoms with Crippen molar-refractivity contribution in [1.82, 2.24) is 5.32 Å². The van der Waals surface area contributed by atoms with E-state index >= 15 is 0 Å². The Hall–Kier alpha value is -1.04. The summed E-state index contributed by atoms with van der Waals surface area (Å²) >= 11 is 16.9. The minimum absolute atomic E-state index is 0.212. The van der Waals surface area contributed by atoms with E-state index in [2.05, 4.69) is 22.5 Å². The van der Waals surface area contributed by atoms with Crippen molar-refractivity contribution in [2.45, 2.75) is 45.4 Å². The van der Waals surface area contributed by atoms with Gasteiger partial charge in [-0.15, -0.1) is 0 Å². The minimum Gasteiger partial charge on any atom is -0.369 e. The molecule has 0 aliphatic heterocycles. The number of halogens is 2. The Morgan fingerprint density at radius 2 is 1.83 bits per heavy atom. The molecule has 0 bridgehead atoms. The van der Waals surface area contributed by atoms with Crippen molar-refractivity contribution >= 4 is 52.2 Å². The van der Waals surface area contributed by atoms with Crippen molar-refractivity contribution in [3.63, 3.8) is 0 Å². The number of nitrogens with two attached hydrogens (primary N) is 1. The first-order valence-corrected chi connectivity index (χ1v) is 9.03. The fourth-order valence-electron chi connectivity index (χ4n) is 2.00. The zero-order valence-electron chi connectivity index (χ0n) is 13.4. The molecular weight excluding hydrogens is 351 g/mol. The number of guanidine groups is 1. The van der Waals surface area contributed by atoms with Crippen molar-refractivity contribution in [3.05, 3.63) is 28.2 Å². The van der Waals surface area contributed by atoms with Gasteiger partial charge in [-0.25, -0.2) is 0 Å². The van der Waals surface area contributed by atoms with Gasteiger partial charge in [0.15, 0.2) is 5.11 Å². The van der Waals surface area contributed by atoms with Crippen molar-refractivity contribution in [3.8, 4) is 0 Å². The minimum atomic E-state index is 0.212. The van der Waals surface area contributed by atoms with Crippen LogP contribution in [0.15, 0.2) is 23.2 Å². The Bertz CT molecular complexity index is 535. The molecule has 7 heteroatoms. The van der Waals surface area contributed by atoms with E-state index in [1.807, 2.05) is 0 Å². The Morgan fingerprint density at radius 1 is 1.13 bits per heavy atom. The molecule has 0 saturated heterocycles. The smallest absolute Gasteiger partial charge is 0.200 e. The molecule has 23 heavy (non-hydrogen) atoms. The summed E-state index contributed by atoms with van der Waals surface area (Å²) in [6, 6.07) is 5.14. The highest BCUT2D eigenvalue weighted by Gasteiger charge is 2.01. The molecule has 4 nitrogen and oxygen atoms in total. The first-order valence-electron chi connectivity index (χ1n) is 7.87. The summed E-state index contributed by atoms with van der Waals surface area (Å²) in [5.41, 5.74) is 6.52. The number of hydrogen-bond acceptors (Lipinski definition) is 1. The molecule has 0 aliphatic carbocycles. The third-order valence-electron chi connectivity index (χ3n) is 3.22. The molecule has 1 aromatic rings. The lowest BCUT2D eigenvalue weighted by Crippen LogP contribution is -2.28. The molecule has 4 N–H and O–H groups in total. The zero-order chi connectivity index (χ0) is 17.1. The SMILES string of the molecule is CCCCCCCCNC(=S)/N=C(\N)Nc1ccc(Cl)c(Cl)c1. The first-order chi connectivity index (χ1) is 11.0. The number of thiocarbonyl (C=S) groups is 1. The average molecular weight is 375 g/mol. The molecule has 0 aliphatic rings. The van der Waals surface area contributed by atoms with Crippen LogP contribution in [0.3, 0.4) is 0 Å². The maximum Gasteiger partial charge on any atom is 0.200 e. The van der Waals surface area contributed by atoms with Crippen LogP contribution in [-0.4, -0.2) is 17.6 Å². The zero-order valence-corrected chi connectivity index (χ0v) is 15.7. The van der Waals surface area contributed by atoms with Crippen LogP contribution in [0.4, 0.5) is 5.69 Å². The van der Waals surface area contributed by atoms with E-state index in [0.717, 1.165) is 13.0 Å².